The van der Waals surface area contributed by atoms with Crippen molar-refractivity contribution >= 4 is 11.6 Å². The normalized spacial score (nSPS) is 19.6. The second kappa shape index (κ2) is 3.31. The van der Waals surface area contributed by atoms with Crippen LogP contribution in [0, 0.1) is 0 Å². The Morgan fingerprint density at radius 3 is 3.00 bits per heavy atom. The molecule has 0 spiro atoms. The monoisotopic (exact) mass is 191 g/mol. The number of benzene rings is 1. The van der Waals surface area contributed by atoms with Crippen LogP contribution >= 0.6 is 0 Å². The molecule has 0 aromatic heterocycles. The third kappa shape index (κ3) is 1.33. The summed E-state index contributed by atoms with van der Waals surface area (Å²) in [6, 6.07) is 5.36. The summed E-state index contributed by atoms with van der Waals surface area (Å²) in [5.74, 6) is -0.416. The Balaban J connectivity index is 2.57. The minimum absolute atomic E-state index is 0.0880. The van der Waals surface area contributed by atoms with E-state index in [-0.39, 0.29) is 6.04 Å². The molecule has 1 amide bonds. The van der Waals surface area contributed by atoms with Gasteiger partial charge < -0.3 is 16.8 Å². The lowest BCUT2D eigenvalue weighted by molar-refractivity contribution is 0.0999. The molecule has 4 heteroatoms. The van der Waals surface area contributed by atoms with Crippen LogP contribution in [0.25, 0.3) is 0 Å². The summed E-state index contributed by atoms with van der Waals surface area (Å²) in [4.78, 5) is 11.2. The van der Waals surface area contributed by atoms with Crippen LogP contribution in [0.4, 0.5) is 5.69 Å². The van der Waals surface area contributed by atoms with Crippen LogP contribution in [0.1, 0.15) is 28.4 Å². The van der Waals surface area contributed by atoms with Crippen LogP contribution in [-0.2, 0) is 0 Å². The quantitative estimate of drug-likeness (QED) is 0.608. The maximum Gasteiger partial charge on any atom is 0.249 e. The molecule has 0 fully saturated rings. The SMILES string of the molecule is NC(=O)c1cccc2c1C(N)CCN2. The van der Waals surface area contributed by atoms with Crippen LogP contribution in [0.5, 0.6) is 0 Å². The smallest absolute Gasteiger partial charge is 0.249 e. The van der Waals surface area contributed by atoms with Crippen molar-refractivity contribution in [3.8, 4) is 0 Å². The highest BCUT2D eigenvalue weighted by Crippen LogP contribution is 2.30. The number of hydrogen-bond acceptors (Lipinski definition) is 3. The van der Waals surface area contributed by atoms with E-state index in [0.717, 1.165) is 24.2 Å². The van der Waals surface area contributed by atoms with E-state index >= 15 is 0 Å². The molecule has 0 saturated heterocycles. The first kappa shape index (κ1) is 9.02. The van der Waals surface area contributed by atoms with E-state index in [1.165, 1.54) is 0 Å². The molecule has 5 N–H and O–H groups in total. The van der Waals surface area contributed by atoms with Crippen LogP contribution in [0.2, 0.25) is 0 Å². The molecule has 1 aromatic rings. The second-order valence-electron chi connectivity index (χ2n) is 3.45. The molecule has 1 aliphatic heterocycles. The predicted octanol–water partition coefficient (Wildman–Crippen LogP) is 0.601. The summed E-state index contributed by atoms with van der Waals surface area (Å²) >= 11 is 0. The molecular formula is C10H13N3O. The Morgan fingerprint density at radius 1 is 1.50 bits per heavy atom. The van der Waals surface area contributed by atoms with Gasteiger partial charge in [0.25, 0.3) is 0 Å². The standard InChI is InChI=1S/C10H13N3O/c11-7-4-5-13-8-3-1-2-6(9(7)8)10(12)14/h1-3,7,13H,4-5,11H2,(H2,12,14). The number of hydrogen-bond donors (Lipinski definition) is 3. The van der Waals surface area contributed by atoms with Gasteiger partial charge in [-0.1, -0.05) is 6.07 Å². The lowest BCUT2D eigenvalue weighted by Crippen LogP contribution is -2.26. The van der Waals surface area contributed by atoms with Gasteiger partial charge in [-0.05, 0) is 18.6 Å². The lowest BCUT2D eigenvalue weighted by atomic mass is 9.93. The van der Waals surface area contributed by atoms with E-state index in [1.54, 1.807) is 6.07 Å². The number of nitrogens with two attached hydrogens (primary N) is 2. The van der Waals surface area contributed by atoms with Crippen molar-refractivity contribution in [2.24, 2.45) is 11.5 Å². The molecule has 0 aliphatic carbocycles. The third-order valence-corrected chi connectivity index (χ3v) is 2.51. The first-order chi connectivity index (χ1) is 6.70. The summed E-state index contributed by atoms with van der Waals surface area (Å²) in [5.41, 5.74) is 13.5. The van der Waals surface area contributed by atoms with Gasteiger partial charge in [-0.15, -0.1) is 0 Å². The number of fused-ring (bicyclic) bond motifs is 1. The van der Waals surface area contributed by atoms with Crippen molar-refractivity contribution in [2.75, 3.05) is 11.9 Å². The van der Waals surface area contributed by atoms with Crippen LogP contribution < -0.4 is 16.8 Å². The van der Waals surface area contributed by atoms with Crippen molar-refractivity contribution in [1.82, 2.24) is 0 Å². The Morgan fingerprint density at radius 2 is 2.29 bits per heavy atom. The molecule has 1 aliphatic rings. The molecule has 74 valence electrons. The van der Waals surface area contributed by atoms with Gasteiger partial charge in [0.05, 0.1) is 0 Å². The summed E-state index contributed by atoms with van der Waals surface area (Å²) in [6.45, 7) is 0.844. The largest absolute Gasteiger partial charge is 0.385 e. The number of nitrogens with one attached hydrogen (secondary N) is 1. The fourth-order valence-corrected chi connectivity index (χ4v) is 1.84. The van der Waals surface area contributed by atoms with Gasteiger partial charge in [0.15, 0.2) is 0 Å². The van der Waals surface area contributed by atoms with E-state index in [9.17, 15) is 4.79 Å². The zero-order valence-corrected chi connectivity index (χ0v) is 7.79. The second-order valence-corrected chi connectivity index (χ2v) is 3.45. The summed E-state index contributed by atoms with van der Waals surface area (Å²) in [7, 11) is 0. The maximum absolute atomic E-state index is 11.2. The van der Waals surface area contributed by atoms with Crippen LogP contribution in [-0.4, -0.2) is 12.5 Å². The van der Waals surface area contributed by atoms with Crippen LogP contribution in [0.3, 0.4) is 0 Å². The molecule has 2 rings (SSSR count). The Bertz CT molecular complexity index is 376. The first-order valence-corrected chi connectivity index (χ1v) is 4.62. The Kier molecular flexibility index (Phi) is 2.13. The zero-order chi connectivity index (χ0) is 10.1. The van der Waals surface area contributed by atoms with Gasteiger partial charge in [0, 0.05) is 29.4 Å². The van der Waals surface area contributed by atoms with Crippen molar-refractivity contribution in [3.05, 3.63) is 29.3 Å². The lowest BCUT2D eigenvalue weighted by Gasteiger charge is -2.25. The average Bonchev–Trinajstić information content (AvgIpc) is 2.17. The number of rotatable bonds is 1. The highest BCUT2D eigenvalue weighted by Gasteiger charge is 2.21. The fourth-order valence-electron chi connectivity index (χ4n) is 1.84. The minimum atomic E-state index is -0.416. The van der Waals surface area contributed by atoms with Crippen LogP contribution in [0.15, 0.2) is 18.2 Å². The number of carbonyl (C=O) groups is 1. The molecule has 0 bridgehead atoms. The van der Waals surface area contributed by atoms with Crippen molar-refractivity contribution in [3.63, 3.8) is 0 Å². The van der Waals surface area contributed by atoms with E-state index < -0.39 is 5.91 Å². The third-order valence-electron chi connectivity index (χ3n) is 2.51. The van der Waals surface area contributed by atoms with Gasteiger partial charge >= 0.3 is 0 Å². The Hall–Kier alpha value is -1.55. The maximum atomic E-state index is 11.2. The Labute approximate surface area is 82.3 Å². The molecule has 1 atom stereocenters. The molecule has 0 radical (unpaired) electrons. The van der Waals surface area contributed by atoms with E-state index in [0.29, 0.717) is 5.56 Å². The number of primary amides is 1. The topological polar surface area (TPSA) is 81.1 Å². The highest BCUT2D eigenvalue weighted by atomic mass is 16.1. The van der Waals surface area contributed by atoms with Gasteiger partial charge in [0.2, 0.25) is 5.91 Å². The van der Waals surface area contributed by atoms with Gasteiger partial charge in [-0.25, -0.2) is 0 Å². The fraction of sp³-hybridized carbons (Fsp3) is 0.300. The van der Waals surface area contributed by atoms with Crippen molar-refractivity contribution in [2.45, 2.75) is 12.5 Å². The molecule has 0 saturated carbocycles. The molecule has 1 aromatic carbocycles. The summed E-state index contributed by atoms with van der Waals surface area (Å²) in [6.07, 6.45) is 0.831. The predicted molar refractivity (Wildman–Crippen MR) is 55.0 cm³/mol. The van der Waals surface area contributed by atoms with E-state index in [1.807, 2.05) is 12.1 Å². The van der Waals surface area contributed by atoms with Crippen molar-refractivity contribution < 1.29 is 4.79 Å². The van der Waals surface area contributed by atoms with Gasteiger partial charge in [0.1, 0.15) is 0 Å². The van der Waals surface area contributed by atoms with E-state index in [4.69, 9.17) is 11.5 Å². The highest BCUT2D eigenvalue weighted by molar-refractivity contribution is 5.96. The number of amides is 1. The number of carbonyl (C=O) groups excluding carboxylic acids is 1. The number of anilines is 1. The molecule has 4 nitrogen and oxygen atoms in total. The summed E-state index contributed by atoms with van der Waals surface area (Å²) in [5, 5.41) is 3.20. The minimum Gasteiger partial charge on any atom is -0.385 e. The molecule has 1 unspecified atom stereocenters. The van der Waals surface area contributed by atoms with Gasteiger partial charge in [-0.3, -0.25) is 4.79 Å². The van der Waals surface area contributed by atoms with E-state index in [2.05, 4.69) is 5.32 Å². The van der Waals surface area contributed by atoms with Crippen molar-refractivity contribution in [1.29, 1.82) is 0 Å². The average molecular weight is 191 g/mol. The first-order valence-electron chi connectivity index (χ1n) is 4.62. The summed E-state index contributed by atoms with van der Waals surface area (Å²) < 4.78 is 0. The molecular weight excluding hydrogens is 178 g/mol. The van der Waals surface area contributed by atoms with Gasteiger partial charge in [-0.2, -0.15) is 0 Å². The molecule has 14 heavy (non-hydrogen) atoms. The zero-order valence-electron chi connectivity index (χ0n) is 7.79. The molecule has 1 heterocycles.